The van der Waals surface area contributed by atoms with Crippen molar-refractivity contribution in [1.29, 1.82) is 0 Å². The molecule has 4 heteroatoms. The molecule has 0 radical (unpaired) electrons. The third-order valence-corrected chi connectivity index (χ3v) is 3.16. The lowest BCUT2D eigenvalue weighted by Gasteiger charge is -2.18. The van der Waals surface area contributed by atoms with Crippen LogP contribution in [0.1, 0.15) is 44.7 Å². The Kier molecular flexibility index (Phi) is 6.36. The van der Waals surface area contributed by atoms with Gasteiger partial charge in [-0.3, -0.25) is 4.79 Å². The zero-order chi connectivity index (χ0) is 14.3. The van der Waals surface area contributed by atoms with Crippen molar-refractivity contribution in [1.82, 2.24) is 5.32 Å². The van der Waals surface area contributed by atoms with Crippen LogP contribution in [0.2, 0.25) is 0 Å². The number of carbonyl (C=O) groups is 1. The van der Waals surface area contributed by atoms with Crippen LogP contribution in [0.15, 0.2) is 24.3 Å². The van der Waals surface area contributed by atoms with Gasteiger partial charge in [-0.25, -0.2) is 0 Å². The Balaban J connectivity index is 2.58. The highest BCUT2D eigenvalue weighted by Gasteiger charge is 2.16. The molecule has 0 aliphatic carbocycles. The van der Waals surface area contributed by atoms with E-state index in [1.165, 1.54) is 0 Å². The van der Waals surface area contributed by atoms with Crippen molar-refractivity contribution in [2.24, 2.45) is 5.73 Å². The normalized spacial score (nSPS) is 13.7. The molecule has 1 amide bonds. The van der Waals surface area contributed by atoms with Crippen molar-refractivity contribution < 1.29 is 9.53 Å². The van der Waals surface area contributed by atoms with Crippen LogP contribution in [0.25, 0.3) is 0 Å². The van der Waals surface area contributed by atoms with E-state index in [4.69, 9.17) is 10.5 Å². The summed E-state index contributed by atoms with van der Waals surface area (Å²) >= 11 is 0. The number of rotatable bonds is 7. The Morgan fingerprint density at radius 2 is 2.21 bits per heavy atom. The Hall–Kier alpha value is -1.55. The molecule has 0 aliphatic heterocycles. The first-order valence-corrected chi connectivity index (χ1v) is 6.78. The molecule has 1 rings (SSSR count). The van der Waals surface area contributed by atoms with Gasteiger partial charge in [0.1, 0.15) is 5.75 Å². The van der Waals surface area contributed by atoms with Crippen LogP contribution in [0.4, 0.5) is 0 Å². The van der Waals surface area contributed by atoms with E-state index in [9.17, 15) is 4.79 Å². The zero-order valence-electron chi connectivity index (χ0n) is 12.0. The molecule has 2 atom stereocenters. The second kappa shape index (κ2) is 7.79. The minimum atomic E-state index is -0.423. The maximum absolute atomic E-state index is 11.9. The van der Waals surface area contributed by atoms with Crippen molar-refractivity contribution in [2.45, 2.75) is 45.2 Å². The molecule has 0 unspecified atom stereocenters. The molecule has 0 heterocycles. The fourth-order valence-corrected chi connectivity index (χ4v) is 1.87. The largest absolute Gasteiger partial charge is 0.497 e. The minimum absolute atomic E-state index is 0.0738. The summed E-state index contributed by atoms with van der Waals surface area (Å²) in [6, 6.07) is 7.18. The number of ether oxygens (including phenoxy) is 1. The summed E-state index contributed by atoms with van der Waals surface area (Å²) in [7, 11) is 1.63. The highest BCUT2D eigenvalue weighted by Crippen LogP contribution is 2.18. The SMILES string of the molecule is CCCC[C@H](N)C(=O)N[C@@H](C)c1cccc(OC)c1. The van der Waals surface area contributed by atoms with Gasteiger partial charge in [-0.15, -0.1) is 0 Å². The van der Waals surface area contributed by atoms with E-state index in [1.807, 2.05) is 31.2 Å². The number of nitrogens with two attached hydrogens (primary N) is 1. The lowest BCUT2D eigenvalue weighted by atomic mass is 10.1. The van der Waals surface area contributed by atoms with Gasteiger partial charge in [0, 0.05) is 0 Å². The summed E-state index contributed by atoms with van der Waals surface area (Å²) in [4.78, 5) is 11.9. The molecule has 19 heavy (non-hydrogen) atoms. The van der Waals surface area contributed by atoms with Crippen molar-refractivity contribution >= 4 is 5.91 Å². The Morgan fingerprint density at radius 1 is 1.47 bits per heavy atom. The molecular weight excluding hydrogens is 240 g/mol. The lowest BCUT2D eigenvalue weighted by molar-refractivity contribution is -0.123. The molecule has 0 aromatic heterocycles. The fraction of sp³-hybridized carbons (Fsp3) is 0.533. The highest BCUT2D eigenvalue weighted by molar-refractivity contribution is 5.81. The molecule has 1 aromatic rings. The highest BCUT2D eigenvalue weighted by atomic mass is 16.5. The third-order valence-electron chi connectivity index (χ3n) is 3.16. The maximum Gasteiger partial charge on any atom is 0.237 e. The molecule has 0 aliphatic rings. The quantitative estimate of drug-likeness (QED) is 0.794. The van der Waals surface area contributed by atoms with Crippen LogP contribution in [0.3, 0.4) is 0 Å². The molecule has 106 valence electrons. The minimum Gasteiger partial charge on any atom is -0.497 e. The molecule has 1 aromatic carbocycles. The van der Waals surface area contributed by atoms with E-state index in [2.05, 4.69) is 12.2 Å². The average Bonchev–Trinajstić information content (AvgIpc) is 2.44. The Labute approximate surface area is 115 Å². The van der Waals surface area contributed by atoms with E-state index in [1.54, 1.807) is 7.11 Å². The van der Waals surface area contributed by atoms with E-state index in [0.717, 1.165) is 30.6 Å². The van der Waals surface area contributed by atoms with E-state index in [0.29, 0.717) is 0 Å². The van der Waals surface area contributed by atoms with Crippen molar-refractivity contribution in [3.63, 3.8) is 0 Å². The smallest absolute Gasteiger partial charge is 0.237 e. The number of amides is 1. The number of hydrogen-bond donors (Lipinski definition) is 2. The predicted octanol–water partition coefficient (Wildman–Crippen LogP) is 2.39. The molecule has 0 saturated heterocycles. The molecule has 0 fully saturated rings. The monoisotopic (exact) mass is 264 g/mol. The van der Waals surface area contributed by atoms with E-state index < -0.39 is 6.04 Å². The van der Waals surface area contributed by atoms with Crippen LogP contribution in [-0.2, 0) is 4.79 Å². The molecule has 3 N–H and O–H groups in total. The van der Waals surface area contributed by atoms with Gasteiger partial charge in [-0.05, 0) is 31.0 Å². The van der Waals surface area contributed by atoms with Crippen LogP contribution < -0.4 is 15.8 Å². The topological polar surface area (TPSA) is 64.4 Å². The second-order valence-corrected chi connectivity index (χ2v) is 4.76. The van der Waals surface area contributed by atoms with Gasteiger partial charge in [0.2, 0.25) is 5.91 Å². The zero-order valence-corrected chi connectivity index (χ0v) is 12.0. The van der Waals surface area contributed by atoms with Gasteiger partial charge in [0.15, 0.2) is 0 Å². The van der Waals surface area contributed by atoms with Gasteiger partial charge in [-0.1, -0.05) is 31.9 Å². The predicted molar refractivity (Wildman–Crippen MR) is 77.1 cm³/mol. The lowest BCUT2D eigenvalue weighted by Crippen LogP contribution is -2.41. The van der Waals surface area contributed by atoms with Crippen molar-refractivity contribution in [3.8, 4) is 5.75 Å². The summed E-state index contributed by atoms with van der Waals surface area (Å²) in [6.07, 6.45) is 2.75. The Bertz CT molecular complexity index is 407. The summed E-state index contributed by atoms with van der Waals surface area (Å²) in [5, 5.41) is 2.94. The number of methoxy groups -OCH3 is 1. The van der Waals surface area contributed by atoms with Crippen LogP contribution >= 0.6 is 0 Å². The Morgan fingerprint density at radius 3 is 2.84 bits per heavy atom. The van der Waals surface area contributed by atoms with Gasteiger partial charge in [-0.2, -0.15) is 0 Å². The summed E-state index contributed by atoms with van der Waals surface area (Å²) in [5.74, 6) is 0.692. The van der Waals surface area contributed by atoms with Crippen LogP contribution in [-0.4, -0.2) is 19.1 Å². The third kappa shape index (κ3) is 4.91. The van der Waals surface area contributed by atoms with Gasteiger partial charge in [0.05, 0.1) is 19.2 Å². The second-order valence-electron chi connectivity index (χ2n) is 4.76. The molecule has 0 bridgehead atoms. The first kappa shape index (κ1) is 15.5. The number of hydrogen-bond acceptors (Lipinski definition) is 3. The standard InChI is InChI=1S/C15H24N2O2/c1-4-5-9-14(16)15(18)17-11(2)12-7-6-8-13(10-12)19-3/h6-8,10-11,14H,4-5,9,16H2,1-3H3,(H,17,18)/t11-,14-/m0/s1. The van der Waals surface area contributed by atoms with Gasteiger partial charge < -0.3 is 15.8 Å². The number of nitrogens with one attached hydrogen (secondary N) is 1. The summed E-state index contributed by atoms with van der Waals surface area (Å²) in [5.41, 5.74) is 6.86. The van der Waals surface area contributed by atoms with Gasteiger partial charge in [0.25, 0.3) is 0 Å². The average molecular weight is 264 g/mol. The van der Waals surface area contributed by atoms with Gasteiger partial charge >= 0.3 is 0 Å². The maximum atomic E-state index is 11.9. The molecule has 0 saturated carbocycles. The fourth-order valence-electron chi connectivity index (χ4n) is 1.87. The molecular formula is C15H24N2O2. The molecule has 0 spiro atoms. The molecule has 4 nitrogen and oxygen atoms in total. The summed E-state index contributed by atoms with van der Waals surface area (Å²) < 4.78 is 5.17. The number of unbranched alkanes of at least 4 members (excludes halogenated alkanes) is 1. The van der Waals surface area contributed by atoms with Crippen LogP contribution in [0.5, 0.6) is 5.75 Å². The first-order chi connectivity index (χ1) is 9.08. The number of carbonyl (C=O) groups excluding carboxylic acids is 1. The van der Waals surface area contributed by atoms with Crippen LogP contribution in [0, 0.1) is 0 Å². The van der Waals surface area contributed by atoms with Crippen molar-refractivity contribution in [2.75, 3.05) is 7.11 Å². The summed E-state index contributed by atoms with van der Waals surface area (Å²) in [6.45, 7) is 4.03. The van der Waals surface area contributed by atoms with E-state index >= 15 is 0 Å². The van der Waals surface area contributed by atoms with Crippen molar-refractivity contribution in [3.05, 3.63) is 29.8 Å². The number of benzene rings is 1. The van der Waals surface area contributed by atoms with E-state index in [-0.39, 0.29) is 11.9 Å². The first-order valence-electron chi connectivity index (χ1n) is 6.78.